The lowest BCUT2D eigenvalue weighted by atomic mass is 9.84. The number of piperidine rings is 1. The molecule has 2 unspecified atom stereocenters. The van der Waals surface area contributed by atoms with E-state index in [0.29, 0.717) is 24.4 Å². The van der Waals surface area contributed by atoms with E-state index < -0.39 is 0 Å². The molecule has 2 saturated heterocycles. The molecule has 0 N–H and O–H groups in total. The number of fused-ring (bicyclic) bond motifs is 3. The molecule has 2 fully saturated rings. The van der Waals surface area contributed by atoms with Gasteiger partial charge < -0.3 is 4.90 Å². The maximum atomic E-state index is 13.1. The maximum Gasteiger partial charge on any atom is 0.227 e. The summed E-state index contributed by atoms with van der Waals surface area (Å²) in [5.41, 5.74) is 2.26. The topological polar surface area (TPSA) is 33.2 Å². The summed E-state index contributed by atoms with van der Waals surface area (Å²) < 4.78 is 13.1. The van der Waals surface area contributed by atoms with Crippen LogP contribution >= 0.6 is 0 Å². The Morgan fingerprint density at radius 1 is 1.03 bits per heavy atom. The zero-order valence-electron chi connectivity index (χ0n) is 16.4. The number of carbonyl (C=O) groups excluding carboxylic acids is 1. The average Bonchev–Trinajstić information content (AvgIpc) is 3.01. The third-order valence-corrected chi connectivity index (χ3v) is 6.67. The number of hydrogen-bond donors (Lipinski definition) is 0. The molecule has 3 aromatic rings. The zero-order chi connectivity index (χ0) is 19.8. The minimum Gasteiger partial charge on any atom is -0.336 e. The van der Waals surface area contributed by atoms with E-state index in [2.05, 4.69) is 34.1 Å². The highest BCUT2D eigenvalue weighted by Crippen LogP contribution is 2.40. The highest BCUT2D eigenvalue weighted by atomic mass is 19.1. The van der Waals surface area contributed by atoms with Crippen molar-refractivity contribution in [2.45, 2.75) is 50.6 Å². The summed E-state index contributed by atoms with van der Waals surface area (Å²) in [5.74, 6) is 0.538. The van der Waals surface area contributed by atoms with Crippen LogP contribution in [-0.2, 0) is 17.6 Å². The first-order valence-electron chi connectivity index (χ1n) is 10.5. The fourth-order valence-electron chi connectivity index (χ4n) is 5.40. The van der Waals surface area contributed by atoms with E-state index in [1.54, 1.807) is 12.1 Å². The molecule has 0 radical (unpaired) electrons. The highest BCUT2D eigenvalue weighted by Gasteiger charge is 2.42. The van der Waals surface area contributed by atoms with Crippen molar-refractivity contribution in [3.05, 3.63) is 77.9 Å². The van der Waals surface area contributed by atoms with Crippen molar-refractivity contribution in [1.82, 2.24) is 9.88 Å². The Morgan fingerprint density at radius 3 is 2.55 bits per heavy atom. The molecular formula is C25H25FN2O. The summed E-state index contributed by atoms with van der Waals surface area (Å²) in [6, 6.07) is 15.6. The van der Waals surface area contributed by atoms with Crippen molar-refractivity contribution in [3.8, 4) is 0 Å². The number of pyridine rings is 1. The molecule has 3 nitrogen and oxygen atoms in total. The van der Waals surface area contributed by atoms with Gasteiger partial charge in [0, 0.05) is 29.9 Å². The van der Waals surface area contributed by atoms with E-state index in [9.17, 15) is 9.18 Å². The standard InChI is InChI=1S/C25H25FN2O/c26-21-6-4-17(5-7-21)15-25(29)28-22-8-9-23(28)14-18(13-22)12-20-3-1-2-19-10-11-27-16-24(19)20/h1-7,10-11,16,18,22-23H,8-9,12-15H2. The lowest BCUT2D eigenvalue weighted by Gasteiger charge is -2.39. The van der Waals surface area contributed by atoms with Gasteiger partial charge in [-0.3, -0.25) is 9.78 Å². The van der Waals surface area contributed by atoms with Crippen LogP contribution in [-0.4, -0.2) is 27.9 Å². The largest absolute Gasteiger partial charge is 0.336 e. The number of benzene rings is 2. The monoisotopic (exact) mass is 388 g/mol. The van der Waals surface area contributed by atoms with Gasteiger partial charge in [0.25, 0.3) is 0 Å². The minimum absolute atomic E-state index is 0.192. The normalized spacial score (nSPS) is 23.5. The van der Waals surface area contributed by atoms with Crippen molar-refractivity contribution in [3.63, 3.8) is 0 Å². The molecule has 0 spiro atoms. The number of carbonyl (C=O) groups is 1. The molecule has 2 aliphatic heterocycles. The fraction of sp³-hybridized carbons (Fsp3) is 0.360. The third-order valence-electron chi connectivity index (χ3n) is 6.67. The summed E-state index contributed by atoms with van der Waals surface area (Å²) in [6.45, 7) is 0. The number of hydrogen-bond acceptors (Lipinski definition) is 2. The van der Waals surface area contributed by atoms with Gasteiger partial charge in [0.1, 0.15) is 5.82 Å². The van der Waals surface area contributed by atoms with Gasteiger partial charge in [-0.05, 0) is 72.7 Å². The molecule has 5 rings (SSSR count). The molecule has 3 heterocycles. The van der Waals surface area contributed by atoms with Crippen molar-refractivity contribution >= 4 is 16.7 Å². The Hall–Kier alpha value is -2.75. The first-order valence-corrected chi connectivity index (χ1v) is 10.5. The second kappa shape index (κ2) is 7.58. The molecule has 4 heteroatoms. The Kier molecular flexibility index (Phi) is 4.78. The van der Waals surface area contributed by atoms with Gasteiger partial charge in [-0.1, -0.05) is 30.3 Å². The summed E-state index contributed by atoms with van der Waals surface area (Å²) in [7, 11) is 0. The van der Waals surface area contributed by atoms with Crippen LogP contribution in [0.4, 0.5) is 4.39 Å². The second-order valence-corrected chi connectivity index (χ2v) is 8.54. The molecule has 29 heavy (non-hydrogen) atoms. The lowest BCUT2D eigenvalue weighted by Crippen LogP contribution is -2.47. The second-order valence-electron chi connectivity index (χ2n) is 8.54. The lowest BCUT2D eigenvalue weighted by molar-refractivity contribution is -0.135. The van der Waals surface area contributed by atoms with Gasteiger partial charge in [0.05, 0.1) is 6.42 Å². The van der Waals surface area contributed by atoms with Gasteiger partial charge in [-0.25, -0.2) is 4.39 Å². The summed E-state index contributed by atoms with van der Waals surface area (Å²) >= 11 is 0. The Bertz CT molecular complexity index is 1010. The molecule has 1 amide bonds. The zero-order valence-corrected chi connectivity index (χ0v) is 16.4. The van der Waals surface area contributed by atoms with Crippen LogP contribution in [0.25, 0.3) is 10.8 Å². The molecule has 2 atom stereocenters. The van der Waals surface area contributed by atoms with Crippen LogP contribution in [0.1, 0.15) is 36.8 Å². The molecule has 148 valence electrons. The number of amides is 1. The van der Waals surface area contributed by atoms with E-state index >= 15 is 0 Å². The Labute approximate surface area is 170 Å². The highest BCUT2D eigenvalue weighted by molar-refractivity contribution is 5.84. The number of halogens is 1. The predicted octanol–water partition coefficient (Wildman–Crippen LogP) is 4.93. The number of rotatable bonds is 4. The van der Waals surface area contributed by atoms with Crippen LogP contribution in [0.2, 0.25) is 0 Å². The van der Waals surface area contributed by atoms with E-state index in [-0.39, 0.29) is 11.7 Å². The van der Waals surface area contributed by atoms with Gasteiger partial charge >= 0.3 is 0 Å². The van der Waals surface area contributed by atoms with Crippen LogP contribution in [0.15, 0.2) is 60.9 Å². The Morgan fingerprint density at radius 2 is 1.79 bits per heavy atom. The number of aromatic nitrogens is 1. The summed E-state index contributed by atoms with van der Waals surface area (Å²) in [6.07, 6.45) is 9.59. The molecular weight excluding hydrogens is 363 g/mol. The molecule has 2 aromatic carbocycles. The number of nitrogens with zero attached hydrogens (tertiary/aromatic N) is 2. The van der Waals surface area contributed by atoms with Crippen LogP contribution in [0.5, 0.6) is 0 Å². The molecule has 0 aliphatic carbocycles. The molecule has 2 aliphatic rings. The van der Waals surface area contributed by atoms with Gasteiger partial charge in [-0.15, -0.1) is 0 Å². The molecule has 1 aromatic heterocycles. The van der Waals surface area contributed by atoms with Gasteiger partial charge in [0.2, 0.25) is 5.91 Å². The van der Waals surface area contributed by atoms with E-state index in [0.717, 1.165) is 37.7 Å². The molecule has 0 saturated carbocycles. The smallest absolute Gasteiger partial charge is 0.227 e. The van der Waals surface area contributed by atoms with Crippen LogP contribution in [0.3, 0.4) is 0 Å². The Balaban J connectivity index is 1.28. The van der Waals surface area contributed by atoms with E-state index in [4.69, 9.17) is 0 Å². The van der Waals surface area contributed by atoms with Crippen LogP contribution in [0, 0.1) is 11.7 Å². The molecule has 2 bridgehead atoms. The predicted molar refractivity (Wildman–Crippen MR) is 112 cm³/mol. The summed E-state index contributed by atoms with van der Waals surface area (Å²) in [4.78, 5) is 19.4. The SMILES string of the molecule is O=C(Cc1ccc(F)cc1)N1C2CCC1CC(Cc1cccc3ccncc13)C2. The average molecular weight is 388 g/mol. The van der Waals surface area contributed by atoms with Crippen molar-refractivity contribution in [2.24, 2.45) is 5.92 Å². The van der Waals surface area contributed by atoms with Crippen LogP contribution < -0.4 is 0 Å². The third kappa shape index (κ3) is 3.64. The maximum absolute atomic E-state index is 13.1. The van der Waals surface area contributed by atoms with Crippen molar-refractivity contribution < 1.29 is 9.18 Å². The van der Waals surface area contributed by atoms with Crippen molar-refractivity contribution in [1.29, 1.82) is 0 Å². The minimum atomic E-state index is -0.259. The van der Waals surface area contributed by atoms with Gasteiger partial charge in [-0.2, -0.15) is 0 Å². The van der Waals surface area contributed by atoms with Gasteiger partial charge in [0.15, 0.2) is 0 Å². The summed E-state index contributed by atoms with van der Waals surface area (Å²) in [5, 5.41) is 2.49. The van der Waals surface area contributed by atoms with Crippen molar-refractivity contribution in [2.75, 3.05) is 0 Å². The fourth-order valence-corrected chi connectivity index (χ4v) is 5.40. The van der Waals surface area contributed by atoms with E-state index in [1.165, 1.54) is 28.5 Å². The first-order chi connectivity index (χ1) is 14.2. The quantitative estimate of drug-likeness (QED) is 0.635. The van der Waals surface area contributed by atoms with E-state index in [1.807, 2.05) is 12.4 Å². The first kappa shape index (κ1) is 18.3.